The van der Waals surface area contributed by atoms with Gasteiger partial charge in [-0.15, -0.1) is 0 Å². The molecule has 5 nitrogen and oxygen atoms in total. The first-order chi connectivity index (χ1) is 9.80. The van der Waals surface area contributed by atoms with E-state index in [-0.39, 0.29) is 9.64 Å². The Bertz CT molecular complexity index is 790. The minimum absolute atomic E-state index is 0.142. The molecule has 0 bridgehead atoms. The van der Waals surface area contributed by atoms with E-state index in [4.69, 9.17) is 5.73 Å². The van der Waals surface area contributed by atoms with E-state index in [1.807, 2.05) is 22.4 Å². The van der Waals surface area contributed by atoms with Crippen molar-refractivity contribution in [3.8, 4) is 0 Å². The molecule has 1 fully saturated rings. The first-order valence-electron chi connectivity index (χ1n) is 6.89. The highest BCUT2D eigenvalue weighted by molar-refractivity contribution is 8.00. The van der Waals surface area contributed by atoms with Crippen molar-refractivity contribution in [3.63, 3.8) is 0 Å². The maximum absolute atomic E-state index is 11.9. The molecule has 1 aromatic carbocycles. The lowest BCUT2D eigenvalue weighted by molar-refractivity contribution is 0.522. The number of anilines is 1. The van der Waals surface area contributed by atoms with Gasteiger partial charge in [0, 0.05) is 17.5 Å². The number of benzene rings is 1. The van der Waals surface area contributed by atoms with Crippen LogP contribution in [0.15, 0.2) is 23.1 Å². The Morgan fingerprint density at radius 2 is 2.24 bits per heavy atom. The third kappa shape index (κ3) is 2.64. The van der Waals surface area contributed by atoms with E-state index < -0.39 is 9.84 Å². The smallest absolute Gasteiger partial charge is 0.201 e. The molecule has 114 valence electrons. The molecule has 1 aliphatic rings. The lowest BCUT2D eigenvalue weighted by Crippen LogP contribution is -2.24. The molecule has 2 heterocycles. The minimum atomic E-state index is -3.31. The molecule has 21 heavy (non-hydrogen) atoms. The highest BCUT2D eigenvalue weighted by Crippen LogP contribution is 2.40. The van der Waals surface area contributed by atoms with Crippen LogP contribution < -0.4 is 5.73 Å². The fraction of sp³-hybridized carbons (Fsp3) is 0.500. The van der Waals surface area contributed by atoms with Gasteiger partial charge in [0.05, 0.1) is 10.4 Å². The number of aromatic nitrogens is 2. The summed E-state index contributed by atoms with van der Waals surface area (Å²) in [6, 6.07) is 5.22. The van der Waals surface area contributed by atoms with Crippen LogP contribution in [0.1, 0.15) is 19.8 Å². The summed E-state index contributed by atoms with van der Waals surface area (Å²) in [5.41, 5.74) is 7.32. The molecule has 1 aromatic heterocycles. The van der Waals surface area contributed by atoms with Gasteiger partial charge in [-0.05, 0) is 37.7 Å². The lowest BCUT2D eigenvalue weighted by atomic mass is 10.1. The molecule has 3 rings (SSSR count). The van der Waals surface area contributed by atoms with Gasteiger partial charge in [0.15, 0.2) is 9.84 Å². The lowest BCUT2D eigenvalue weighted by Gasteiger charge is -2.24. The van der Waals surface area contributed by atoms with Gasteiger partial charge < -0.3 is 10.3 Å². The number of hydrogen-bond donors (Lipinski definition) is 1. The molecular weight excluding hydrogens is 306 g/mol. The number of para-hydroxylation sites is 1. The molecule has 0 saturated carbocycles. The maximum atomic E-state index is 11.9. The minimum Gasteiger partial charge on any atom is -0.369 e. The van der Waals surface area contributed by atoms with E-state index in [2.05, 4.69) is 11.9 Å². The molecule has 1 unspecified atom stereocenters. The van der Waals surface area contributed by atoms with Crippen LogP contribution in [-0.2, 0) is 16.4 Å². The molecule has 1 aliphatic heterocycles. The second kappa shape index (κ2) is 4.91. The molecule has 1 saturated heterocycles. The summed E-state index contributed by atoms with van der Waals surface area (Å²) in [5, 5.41) is 0. The first-order valence-corrected chi connectivity index (χ1v) is 9.77. The highest BCUT2D eigenvalue weighted by atomic mass is 32.2. The van der Waals surface area contributed by atoms with Crippen LogP contribution in [0.4, 0.5) is 5.95 Å². The van der Waals surface area contributed by atoms with Gasteiger partial charge in [-0.2, -0.15) is 11.8 Å². The van der Waals surface area contributed by atoms with Crippen molar-refractivity contribution in [1.82, 2.24) is 9.55 Å². The van der Waals surface area contributed by atoms with Crippen LogP contribution in [-0.4, -0.2) is 34.7 Å². The first kappa shape index (κ1) is 14.7. The SMILES string of the molecule is CC1(Cn2c(N)nc3c(S(C)(=O)=O)cccc32)CCCS1. The highest BCUT2D eigenvalue weighted by Gasteiger charge is 2.31. The van der Waals surface area contributed by atoms with Crippen LogP contribution in [0.5, 0.6) is 0 Å². The maximum Gasteiger partial charge on any atom is 0.201 e. The van der Waals surface area contributed by atoms with Gasteiger partial charge in [0.25, 0.3) is 0 Å². The zero-order valence-corrected chi connectivity index (χ0v) is 13.8. The average Bonchev–Trinajstić information content (AvgIpc) is 2.94. The van der Waals surface area contributed by atoms with E-state index in [0.717, 1.165) is 24.2 Å². The Hall–Kier alpha value is -1.21. The predicted molar refractivity (Wildman–Crippen MR) is 87.4 cm³/mol. The van der Waals surface area contributed by atoms with Crippen molar-refractivity contribution in [3.05, 3.63) is 18.2 Å². The van der Waals surface area contributed by atoms with Crippen molar-refractivity contribution >= 4 is 38.6 Å². The Labute approximate surface area is 128 Å². The largest absolute Gasteiger partial charge is 0.369 e. The molecule has 1 atom stereocenters. The summed E-state index contributed by atoms with van der Waals surface area (Å²) in [7, 11) is -3.31. The van der Waals surface area contributed by atoms with Crippen molar-refractivity contribution < 1.29 is 8.42 Å². The van der Waals surface area contributed by atoms with Gasteiger partial charge in [-0.25, -0.2) is 13.4 Å². The normalized spacial score (nSPS) is 23.0. The third-order valence-corrected chi connectivity index (χ3v) is 6.62. The molecular formula is C14H19N3O2S2. The monoisotopic (exact) mass is 325 g/mol. The van der Waals surface area contributed by atoms with Crippen molar-refractivity contribution in [2.45, 2.75) is 36.0 Å². The van der Waals surface area contributed by atoms with E-state index >= 15 is 0 Å². The second-order valence-electron chi connectivity index (χ2n) is 5.85. The summed E-state index contributed by atoms with van der Waals surface area (Å²) in [4.78, 5) is 4.55. The summed E-state index contributed by atoms with van der Waals surface area (Å²) in [6.07, 6.45) is 3.55. The third-order valence-electron chi connectivity index (χ3n) is 3.96. The standard InChI is InChI=1S/C14H19N3O2S2/c1-14(7-4-8-20-14)9-17-10-5-3-6-11(21(2,18)19)12(10)16-13(17)15/h3,5-6H,4,7-9H2,1-2H3,(H2,15,16). The van der Waals surface area contributed by atoms with Crippen molar-refractivity contribution in [2.24, 2.45) is 0 Å². The number of rotatable bonds is 3. The van der Waals surface area contributed by atoms with Gasteiger partial charge in [0.2, 0.25) is 5.95 Å². The Balaban J connectivity index is 2.14. The van der Waals surface area contributed by atoms with Crippen molar-refractivity contribution in [2.75, 3.05) is 17.7 Å². The van der Waals surface area contributed by atoms with E-state index in [9.17, 15) is 8.42 Å². The van der Waals surface area contributed by atoms with Crippen LogP contribution in [0.3, 0.4) is 0 Å². The molecule has 0 spiro atoms. The van der Waals surface area contributed by atoms with Crippen molar-refractivity contribution in [1.29, 1.82) is 0 Å². The Kier molecular flexibility index (Phi) is 3.44. The van der Waals surface area contributed by atoms with E-state index in [1.54, 1.807) is 12.1 Å². The quantitative estimate of drug-likeness (QED) is 0.937. The zero-order valence-electron chi connectivity index (χ0n) is 12.2. The fourth-order valence-corrected chi connectivity index (χ4v) is 5.02. The number of hydrogen-bond acceptors (Lipinski definition) is 5. The average molecular weight is 325 g/mol. The van der Waals surface area contributed by atoms with E-state index in [1.165, 1.54) is 12.7 Å². The second-order valence-corrected chi connectivity index (χ2v) is 9.52. The van der Waals surface area contributed by atoms with Gasteiger partial charge in [-0.3, -0.25) is 0 Å². The fourth-order valence-electron chi connectivity index (χ4n) is 2.90. The number of imidazole rings is 1. The van der Waals surface area contributed by atoms with Gasteiger partial charge >= 0.3 is 0 Å². The topological polar surface area (TPSA) is 78.0 Å². The van der Waals surface area contributed by atoms with Crippen LogP contribution in [0.25, 0.3) is 11.0 Å². The summed E-state index contributed by atoms with van der Waals surface area (Å²) < 4.78 is 25.9. The van der Waals surface area contributed by atoms with Gasteiger partial charge in [-0.1, -0.05) is 6.07 Å². The van der Waals surface area contributed by atoms with E-state index in [0.29, 0.717) is 11.5 Å². The number of nitrogens with two attached hydrogens (primary N) is 1. The van der Waals surface area contributed by atoms with Crippen LogP contribution in [0, 0.1) is 0 Å². The molecule has 7 heteroatoms. The van der Waals surface area contributed by atoms with Gasteiger partial charge in [0.1, 0.15) is 5.52 Å². The number of sulfone groups is 1. The number of nitrogen functional groups attached to an aromatic ring is 1. The van der Waals surface area contributed by atoms with Crippen LogP contribution >= 0.6 is 11.8 Å². The van der Waals surface area contributed by atoms with Crippen LogP contribution in [0.2, 0.25) is 0 Å². The summed E-state index contributed by atoms with van der Waals surface area (Å²) in [5.74, 6) is 1.55. The molecule has 0 amide bonds. The summed E-state index contributed by atoms with van der Waals surface area (Å²) >= 11 is 1.95. The number of fused-ring (bicyclic) bond motifs is 1. The number of thioether (sulfide) groups is 1. The molecule has 0 aliphatic carbocycles. The molecule has 0 radical (unpaired) electrons. The number of nitrogens with zero attached hydrogens (tertiary/aromatic N) is 2. The Morgan fingerprint density at radius 3 is 2.86 bits per heavy atom. The molecule has 2 aromatic rings. The predicted octanol–water partition coefficient (Wildman–Crippen LogP) is 2.31. The Morgan fingerprint density at radius 1 is 1.48 bits per heavy atom. The zero-order chi connectivity index (χ0) is 15.3. The molecule has 2 N–H and O–H groups in total. The summed E-state index contributed by atoms with van der Waals surface area (Å²) in [6.45, 7) is 2.99.